The molecule has 186 valence electrons. The number of fused-ring (bicyclic) bond motifs is 3. The minimum Gasteiger partial charge on any atom is -0.481 e. The molecule has 0 radical (unpaired) electrons. The number of amides is 2. The van der Waals surface area contributed by atoms with Crippen molar-refractivity contribution < 1.29 is 24.2 Å². The van der Waals surface area contributed by atoms with E-state index in [9.17, 15) is 19.5 Å². The van der Waals surface area contributed by atoms with Crippen molar-refractivity contribution in [3.63, 3.8) is 0 Å². The van der Waals surface area contributed by atoms with Crippen molar-refractivity contribution in [1.29, 1.82) is 0 Å². The van der Waals surface area contributed by atoms with Crippen molar-refractivity contribution in [2.24, 2.45) is 11.8 Å². The van der Waals surface area contributed by atoms with Gasteiger partial charge in [-0.05, 0) is 54.4 Å². The molecule has 2 aromatic rings. The summed E-state index contributed by atoms with van der Waals surface area (Å²) in [6.07, 6.45) is 1.76. The summed E-state index contributed by atoms with van der Waals surface area (Å²) >= 11 is 0. The molecule has 35 heavy (non-hydrogen) atoms. The largest absolute Gasteiger partial charge is 0.481 e. The summed E-state index contributed by atoms with van der Waals surface area (Å²) < 4.78 is 5.60. The van der Waals surface area contributed by atoms with Crippen LogP contribution in [0.1, 0.15) is 56.6 Å². The number of benzene rings is 2. The second kappa shape index (κ2) is 10.9. The molecular formula is C28H34N2O5. The lowest BCUT2D eigenvalue weighted by Crippen LogP contribution is -2.45. The van der Waals surface area contributed by atoms with E-state index in [4.69, 9.17) is 4.74 Å². The number of hydrogen-bond donors (Lipinski definition) is 2. The van der Waals surface area contributed by atoms with Gasteiger partial charge < -0.3 is 20.1 Å². The summed E-state index contributed by atoms with van der Waals surface area (Å²) in [7, 11) is 0. The lowest BCUT2D eigenvalue weighted by molar-refractivity contribution is -0.148. The first kappa shape index (κ1) is 24.8. The monoisotopic (exact) mass is 478 g/mol. The van der Waals surface area contributed by atoms with Crippen LogP contribution < -0.4 is 5.32 Å². The highest BCUT2D eigenvalue weighted by Gasteiger charge is 2.33. The zero-order valence-corrected chi connectivity index (χ0v) is 20.4. The minimum atomic E-state index is -0.780. The molecule has 0 bridgehead atoms. The van der Waals surface area contributed by atoms with Crippen molar-refractivity contribution >= 4 is 18.0 Å². The number of aliphatic carboxylic acids is 1. The van der Waals surface area contributed by atoms with Gasteiger partial charge in [0.1, 0.15) is 6.61 Å². The van der Waals surface area contributed by atoms with Gasteiger partial charge in [-0.2, -0.15) is 0 Å². The fraction of sp³-hybridized carbons (Fsp3) is 0.464. The van der Waals surface area contributed by atoms with E-state index in [0.29, 0.717) is 38.8 Å². The van der Waals surface area contributed by atoms with Crippen molar-refractivity contribution in [1.82, 2.24) is 10.2 Å². The van der Waals surface area contributed by atoms with Crippen LogP contribution in [-0.2, 0) is 14.3 Å². The van der Waals surface area contributed by atoms with Crippen molar-refractivity contribution in [3.8, 4) is 11.1 Å². The maximum atomic E-state index is 12.5. The van der Waals surface area contributed by atoms with E-state index >= 15 is 0 Å². The third-order valence-electron chi connectivity index (χ3n) is 7.31. The number of likely N-dealkylation sites (tertiary alicyclic amines) is 1. The second-order valence-electron chi connectivity index (χ2n) is 9.81. The number of carboxylic acids is 1. The van der Waals surface area contributed by atoms with Gasteiger partial charge >= 0.3 is 12.1 Å². The summed E-state index contributed by atoms with van der Waals surface area (Å²) in [5, 5.41) is 12.1. The molecule has 7 nitrogen and oxygen atoms in total. The molecule has 3 atom stereocenters. The number of nitrogens with one attached hydrogen (secondary N) is 1. The fourth-order valence-corrected chi connectivity index (χ4v) is 5.37. The third kappa shape index (κ3) is 5.66. The maximum Gasteiger partial charge on any atom is 0.407 e. The summed E-state index contributed by atoms with van der Waals surface area (Å²) in [5.41, 5.74) is 4.73. The van der Waals surface area contributed by atoms with Crippen LogP contribution in [0.5, 0.6) is 0 Å². The van der Waals surface area contributed by atoms with E-state index in [0.717, 1.165) is 0 Å². The Kier molecular flexibility index (Phi) is 7.73. The van der Waals surface area contributed by atoms with Crippen LogP contribution in [0.3, 0.4) is 0 Å². The molecular weight excluding hydrogens is 444 g/mol. The highest BCUT2D eigenvalue weighted by Crippen LogP contribution is 2.44. The summed E-state index contributed by atoms with van der Waals surface area (Å²) in [6.45, 7) is 5.05. The molecule has 7 heteroatoms. The molecule has 1 aliphatic heterocycles. The van der Waals surface area contributed by atoms with Gasteiger partial charge in [0.25, 0.3) is 0 Å². The first-order valence-electron chi connectivity index (χ1n) is 12.5. The average molecular weight is 479 g/mol. The van der Waals surface area contributed by atoms with Gasteiger partial charge in [-0.1, -0.05) is 55.5 Å². The number of rotatable bonds is 8. The summed E-state index contributed by atoms with van der Waals surface area (Å²) in [6, 6.07) is 16.3. The molecule has 1 saturated heterocycles. The van der Waals surface area contributed by atoms with Gasteiger partial charge in [-0.15, -0.1) is 0 Å². The van der Waals surface area contributed by atoms with E-state index in [1.165, 1.54) is 22.3 Å². The molecule has 1 heterocycles. The van der Waals surface area contributed by atoms with Crippen LogP contribution in [0.4, 0.5) is 4.79 Å². The van der Waals surface area contributed by atoms with E-state index in [2.05, 4.69) is 29.6 Å². The smallest absolute Gasteiger partial charge is 0.407 e. The molecule has 0 aromatic heterocycles. The Balaban J connectivity index is 1.19. The number of carbonyl (C=O) groups is 3. The molecule has 2 amide bonds. The van der Waals surface area contributed by atoms with Crippen LogP contribution in [0, 0.1) is 11.8 Å². The number of carboxylic acid groups (broad SMARTS) is 1. The van der Waals surface area contributed by atoms with Gasteiger partial charge in [-0.3, -0.25) is 9.59 Å². The Morgan fingerprint density at radius 3 is 2.31 bits per heavy atom. The SMILES string of the molecule is CC(CCCC(=O)N1CCC(C(=O)O)C(C)C1)NC(=O)OCC1c2ccccc2-c2ccccc21. The topological polar surface area (TPSA) is 95.9 Å². The van der Waals surface area contributed by atoms with Crippen molar-refractivity contribution in [2.75, 3.05) is 19.7 Å². The Morgan fingerprint density at radius 2 is 1.71 bits per heavy atom. The number of carbonyl (C=O) groups excluding carboxylic acids is 2. The average Bonchev–Trinajstić information content (AvgIpc) is 3.16. The van der Waals surface area contributed by atoms with E-state index in [1.54, 1.807) is 4.90 Å². The predicted octanol–water partition coefficient (Wildman–Crippen LogP) is 4.65. The molecule has 1 aliphatic carbocycles. The maximum absolute atomic E-state index is 12.5. The first-order chi connectivity index (χ1) is 16.8. The quantitative estimate of drug-likeness (QED) is 0.576. The lowest BCUT2D eigenvalue weighted by atomic mass is 9.87. The van der Waals surface area contributed by atoms with Gasteiger partial charge in [0.05, 0.1) is 5.92 Å². The third-order valence-corrected chi connectivity index (χ3v) is 7.31. The van der Waals surface area contributed by atoms with Gasteiger partial charge in [0.2, 0.25) is 5.91 Å². The zero-order valence-electron chi connectivity index (χ0n) is 20.4. The molecule has 2 aromatic carbocycles. The van der Waals surface area contributed by atoms with Crippen molar-refractivity contribution in [3.05, 3.63) is 59.7 Å². The van der Waals surface area contributed by atoms with Gasteiger partial charge in [-0.25, -0.2) is 4.79 Å². The number of piperidine rings is 1. The van der Waals surface area contributed by atoms with Crippen LogP contribution >= 0.6 is 0 Å². The fourth-order valence-electron chi connectivity index (χ4n) is 5.37. The first-order valence-corrected chi connectivity index (χ1v) is 12.5. The van der Waals surface area contributed by atoms with E-state index in [1.807, 2.05) is 38.1 Å². The van der Waals surface area contributed by atoms with E-state index < -0.39 is 12.1 Å². The highest BCUT2D eigenvalue weighted by molar-refractivity contribution is 5.79. The Labute approximate surface area is 206 Å². The van der Waals surface area contributed by atoms with Crippen LogP contribution in [0.2, 0.25) is 0 Å². The number of alkyl carbamates (subject to hydrolysis) is 1. The highest BCUT2D eigenvalue weighted by atomic mass is 16.5. The molecule has 2 aliphatic rings. The van der Waals surface area contributed by atoms with Gasteiger partial charge in [0, 0.05) is 31.5 Å². The Bertz CT molecular complexity index is 1040. The Hall–Kier alpha value is -3.35. The van der Waals surface area contributed by atoms with Crippen LogP contribution in [-0.4, -0.2) is 53.7 Å². The zero-order chi connectivity index (χ0) is 24.9. The lowest BCUT2D eigenvalue weighted by Gasteiger charge is -2.35. The summed E-state index contributed by atoms with van der Waals surface area (Å²) in [4.78, 5) is 38.0. The number of ether oxygens (including phenoxy) is 1. The normalized spacial score (nSPS) is 20.0. The number of hydrogen-bond acceptors (Lipinski definition) is 4. The Morgan fingerprint density at radius 1 is 1.09 bits per heavy atom. The second-order valence-corrected chi connectivity index (χ2v) is 9.81. The molecule has 0 spiro atoms. The summed E-state index contributed by atoms with van der Waals surface area (Å²) in [5.74, 6) is -1.12. The minimum absolute atomic E-state index is 0.0220. The van der Waals surface area contributed by atoms with Crippen LogP contribution in [0.25, 0.3) is 11.1 Å². The van der Waals surface area contributed by atoms with Crippen molar-refractivity contribution in [2.45, 2.75) is 51.5 Å². The predicted molar refractivity (Wildman–Crippen MR) is 133 cm³/mol. The molecule has 2 N–H and O–H groups in total. The standard InChI is InChI=1S/C28H34N2O5/c1-18-16-30(15-14-20(18)27(32)33)26(31)13-7-8-19(2)29-28(34)35-17-25-23-11-5-3-9-21(23)22-10-4-6-12-24(22)25/h3-6,9-12,18-20,25H,7-8,13-17H2,1-2H3,(H,29,34)(H,32,33). The molecule has 3 unspecified atom stereocenters. The molecule has 0 saturated carbocycles. The number of nitrogens with zero attached hydrogens (tertiary/aromatic N) is 1. The van der Waals surface area contributed by atoms with E-state index in [-0.39, 0.29) is 36.3 Å². The van der Waals surface area contributed by atoms with Gasteiger partial charge in [0.15, 0.2) is 0 Å². The van der Waals surface area contributed by atoms with Crippen LogP contribution in [0.15, 0.2) is 48.5 Å². The molecule has 1 fully saturated rings. The molecule has 4 rings (SSSR count).